The molecule has 0 bridgehead atoms. The van der Waals surface area contributed by atoms with Crippen LogP contribution in [0.3, 0.4) is 0 Å². The van der Waals surface area contributed by atoms with Crippen LogP contribution in [0, 0.1) is 0 Å². The first-order valence-electron chi connectivity index (χ1n) is 8.19. The van der Waals surface area contributed by atoms with Crippen molar-refractivity contribution in [2.75, 3.05) is 31.1 Å². The summed E-state index contributed by atoms with van der Waals surface area (Å²) >= 11 is 7.78. The SMILES string of the molecule is CCc1cc2c(N3CCN(C(=O)c4ccco4)CC3)nc(Cl)nc2s1. The number of nitrogens with zero attached hydrogens (tertiary/aromatic N) is 4. The molecule has 1 amide bonds. The van der Waals surface area contributed by atoms with Gasteiger partial charge in [-0.15, -0.1) is 11.3 Å². The lowest BCUT2D eigenvalue weighted by atomic mass is 10.2. The quantitative estimate of drug-likeness (QED) is 0.655. The molecule has 0 N–H and O–H groups in total. The molecule has 0 aromatic carbocycles. The number of thiophene rings is 1. The molecule has 0 saturated carbocycles. The van der Waals surface area contributed by atoms with E-state index in [-0.39, 0.29) is 11.2 Å². The number of fused-ring (bicyclic) bond motifs is 1. The molecule has 8 heteroatoms. The Balaban J connectivity index is 1.55. The minimum atomic E-state index is -0.0701. The number of hydrogen-bond donors (Lipinski definition) is 0. The molecule has 0 atom stereocenters. The van der Waals surface area contributed by atoms with Gasteiger partial charge in [0.2, 0.25) is 5.28 Å². The summed E-state index contributed by atoms with van der Waals surface area (Å²) in [6.45, 7) is 4.76. The van der Waals surface area contributed by atoms with E-state index in [1.807, 2.05) is 0 Å². The van der Waals surface area contributed by atoms with Gasteiger partial charge in [0, 0.05) is 31.1 Å². The van der Waals surface area contributed by atoms with Crippen molar-refractivity contribution in [1.82, 2.24) is 14.9 Å². The molecule has 3 aromatic rings. The zero-order valence-corrected chi connectivity index (χ0v) is 15.3. The highest BCUT2D eigenvalue weighted by Gasteiger charge is 2.26. The van der Waals surface area contributed by atoms with Gasteiger partial charge < -0.3 is 14.2 Å². The largest absolute Gasteiger partial charge is 0.459 e. The normalized spacial score (nSPS) is 15.1. The van der Waals surface area contributed by atoms with Crippen LogP contribution in [0.4, 0.5) is 5.82 Å². The van der Waals surface area contributed by atoms with E-state index in [1.54, 1.807) is 28.4 Å². The number of amides is 1. The number of carbonyl (C=O) groups is 1. The first-order chi connectivity index (χ1) is 12.2. The lowest BCUT2D eigenvalue weighted by molar-refractivity contribution is 0.0714. The second kappa shape index (κ2) is 6.65. The van der Waals surface area contributed by atoms with Crippen LogP contribution in [-0.4, -0.2) is 47.0 Å². The van der Waals surface area contributed by atoms with Crippen LogP contribution in [0.5, 0.6) is 0 Å². The van der Waals surface area contributed by atoms with Crippen molar-refractivity contribution in [3.63, 3.8) is 0 Å². The van der Waals surface area contributed by atoms with E-state index in [2.05, 4.69) is 27.9 Å². The van der Waals surface area contributed by atoms with Gasteiger partial charge in [-0.05, 0) is 36.2 Å². The first-order valence-corrected chi connectivity index (χ1v) is 9.39. The number of aromatic nitrogens is 2. The van der Waals surface area contributed by atoms with Crippen LogP contribution >= 0.6 is 22.9 Å². The van der Waals surface area contributed by atoms with Crippen molar-refractivity contribution >= 4 is 44.9 Å². The highest BCUT2D eigenvalue weighted by atomic mass is 35.5. The summed E-state index contributed by atoms with van der Waals surface area (Å²) in [7, 11) is 0. The van der Waals surface area contributed by atoms with Crippen LogP contribution in [0.1, 0.15) is 22.4 Å². The summed E-state index contributed by atoms with van der Waals surface area (Å²) < 4.78 is 5.21. The smallest absolute Gasteiger partial charge is 0.289 e. The summed E-state index contributed by atoms with van der Waals surface area (Å²) in [5.41, 5.74) is 0. The number of rotatable bonds is 3. The monoisotopic (exact) mass is 376 g/mol. The topological polar surface area (TPSA) is 62.5 Å². The number of anilines is 1. The van der Waals surface area contributed by atoms with E-state index >= 15 is 0 Å². The van der Waals surface area contributed by atoms with Gasteiger partial charge in [-0.2, -0.15) is 4.98 Å². The van der Waals surface area contributed by atoms with Gasteiger partial charge >= 0.3 is 0 Å². The second-order valence-corrected chi connectivity index (χ2v) is 7.31. The summed E-state index contributed by atoms with van der Waals surface area (Å²) in [5.74, 6) is 1.17. The second-order valence-electron chi connectivity index (χ2n) is 5.86. The van der Waals surface area contributed by atoms with Gasteiger partial charge in [-0.3, -0.25) is 4.79 Å². The maximum atomic E-state index is 12.4. The van der Waals surface area contributed by atoms with Crippen molar-refractivity contribution in [1.29, 1.82) is 0 Å². The van der Waals surface area contributed by atoms with Crippen LogP contribution in [-0.2, 0) is 6.42 Å². The van der Waals surface area contributed by atoms with E-state index < -0.39 is 0 Å². The lowest BCUT2D eigenvalue weighted by Gasteiger charge is -2.35. The molecule has 130 valence electrons. The molecule has 0 unspecified atom stereocenters. The Labute approximate surface area is 154 Å². The minimum Gasteiger partial charge on any atom is -0.459 e. The molecule has 1 saturated heterocycles. The van der Waals surface area contributed by atoms with Crippen molar-refractivity contribution in [3.8, 4) is 0 Å². The predicted octanol–water partition coefficient (Wildman–Crippen LogP) is 3.46. The third-order valence-corrected chi connectivity index (χ3v) is 5.69. The molecule has 1 fully saturated rings. The number of piperazine rings is 1. The zero-order chi connectivity index (χ0) is 17.4. The van der Waals surface area contributed by atoms with E-state index in [0.29, 0.717) is 31.9 Å². The van der Waals surface area contributed by atoms with Crippen molar-refractivity contribution < 1.29 is 9.21 Å². The minimum absolute atomic E-state index is 0.0701. The van der Waals surface area contributed by atoms with Gasteiger partial charge in [0.1, 0.15) is 10.6 Å². The van der Waals surface area contributed by atoms with Gasteiger partial charge in [0.05, 0.1) is 11.6 Å². The molecular formula is C17H17ClN4O2S. The highest BCUT2D eigenvalue weighted by Crippen LogP contribution is 2.32. The summed E-state index contributed by atoms with van der Waals surface area (Å²) in [6, 6.07) is 5.57. The van der Waals surface area contributed by atoms with Crippen molar-refractivity contribution in [2.45, 2.75) is 13.3 Å². The first kappa shape index (κ1) is 16.4. The van der Waals surface area contributed by atoms with Gasteiger partial charge in [0.15, 0.2) is 5.76 Å². The molecule has 1 aliphatic rings. The zero-order valence-electron chi connectivity index (χ0n) is 13.7. The molecule has 4 rings (SSSR count). The molecule has 0 spiro atoms. The van der Waals surface area contributed by atoms with E-state index in [0.717, 1.165) is 22.5 Å². The number of halogens is 1. The standard InChI is InChI=1S/C17H17ClN4O2S/c1-2-11-10-12-14(19-17(18)20-15(12)25-11)21-5-7-22(8-6-21)16(23)13-4-3-9-24-13/h3-4,9-10H,2,5-8H2,1H3. The Kier molecular flexibility index (Phi) is 4.35. The van der Waals surface area contributed by atoms with E-state index in [1.165, 1.54) is 11.1 Å². The number of aryl methyl sites for hydroxylation is 1. The Morgan fingerprint density at radius 3 is 2.80 bits per heavy atom. The molecule has 25 heavy (non-hydrogen) atoms. The Morgan fingerprint density at radius 2 is 2.12 bits per heavy atom. The number of furan rings is 1. The summed E-state index contributed by atoms with van der Waals surface area (Å²) in [6.07, 6.45) is 2.48. The van der Waals surface area contributed by atoms with Gasteiger partial charge in [-0.25, -0.2) is 4.98 Å². The Hall–Kier alpha value is -2.12. The fourth-order valence-corrected chi connectivity index (χ4v) is 4.20. The average Bonchev–Trinajstić information content (AvgIpc) is 3.30. The van der Waals surface area contributed by atoms with E-state index in [9.17, 15) is 4.79 Å². The molecule has 3 aromatic heterocycles. The fraction of sp³-hybridized carbons (Fsp3) is 0.353. The summed E-state index contributed by atoms with van der Waals surface area (Å²) in [5, 5.41) is 1.30. The number of hydrogen-bond acceptors (Lipinski definition) is 6. The van der Waals surface area contributed by atoms with Gasteiger partial charge in [-0.1, -0.05) is 6.92 Å². The Morgan fingerprint density at radius 1 is 1.32 bits per heavy atom. The summed E-state index contributed by atoms with van der Waals surface area (Å²) in [4.78, 5) is 27.3. The molecule has 1 aliphatic heterocycles. The average molecular weight is 377 g/mol. The number of carbonyl (C=O) groups excluding carboxylic acids is 1. The molecular weight excluding hydrogens is 360 g/mol. The van der Waals surface area contributed by atoms with Crippen LogP contribution in [0.15, 0.2) is 28.9 Å². The lowest BCUT2D eigenvalue weighted by Crippen LogP contribution is -2.49. The fourth-order valence-electron chi connectivity index (χ4n) is 3.02. The third-order valence-electron chi connectivity index (χ3n) is 4.34. The Bertz CT molecular complexity index is 901. The predicted molar refractivity (Wildman–Crippen MR) is 98.6 cm³/mol. The molecule has 4 heterocycles. The van der Waals surface area contributed by atoms with Gasteiger partial charge in [0.25, 0.3) is 5.91 Å². The maximum Gasteiger partial charge on any atom is 0.289 e. The van der Waals surface area contributed by atoms with Crippen LogP contribution in [0.2, 0.25) is 5.28 Å². The van der Waals surface area contributed by atoms with Crippen molar-refractivity contribution in [2.24, 2.45) is 0 Å². The van der Waals surface area contributed by atoms with E-state index in [4.69, 9.17) is 16.0 Å². The molecule has 0 aliphatic carbocycles. The van der Waals surface area contributed by atoms with Crippen LogP contribution < -0.4 is 4.90 Å². The maximum absolute atomic E-state index is 12.4. The highest BCUT2D eigenvalue weighted by molar-refractivity contribution is 7.18. The molecule has 0 radical (unpaired) electrons. The van der Waals surface area contributed by atoms with Crippen LogP contribution in [0.25, 0.3) is 10.2 Å². The third kappa shape index (κ3) is 3.09. The van der Waals surface area contributed by atoms with Crippen molar-refractivity contribution in [3.05, 3.63) is 40.4 Å². The molecule has 6 nitrogen and oxygen atoms in total.